The summed E-state index contributed by atoms with van der Waals surface area (Å²) in [6.07, 6.45) is 1.39. The third kappa shape index (κ3) is 7.95. The third-order valence-electron chi connectivity index (χ3n) is 6.87. The highest BCUT2D eigenvalue weighted by Gasteiger charge is 2.33. The van der Waals surface area contributed by atoms with Crippen LogP contribution in [-0.4, -0.2) is 50.5 Å². The van der Waals surface area contributed by atoms with Crippen molar-refractivity contribution in [2.45, 2.75) is 32.9 Å². The molecule has 0 unspecified atom stereocenters. The van der Waals surface area contributed by atoms with Gasteiger partial charge in [-0.3, -0.25) is 13.9 Å². The molecule has 0 aromatic heterocycles. The lowest BCUT2D eigenvalue weighted by atomic mass is 10.0. The molecule has 1 N–H and O–H groups in total. The number of benzene rings is 4. The predicted octanol–water partition coefficient (Wildman–Crippen LogP) is 5.02. The Bertz CT molecular complexity index is 1570. The van der Waals surface area contributed by atoms with Crippen molar-refractivity contribution >= 4 is 38.3 Å². The highest BCUT2D eigenvalue weighted by Crippen LogP contribution is 2.29. The van der Waals surface area contributed by atoms with Crippen molar-refractivity contribution in [1.29, 1.82) is 0 Å². The van der Waals surface area contributed by atoms with E-state index in [0.29, 0.717) is 12.2 Å². The van der Waals surface area contributed by atoms with Crippen molar-refractivity contribution in [3.63, 3.8) is 0 Å². The van der Waals surface area contributed by atoms with Crippen molar-refractivity contribution in [2.24, 2.45) is 5.92 Å². The minimum absolute atomic E-state index is 0.152. The second-order valence-corrected chi connectivity index (χ2v) is 12.5. The van der Waals surface area contributed by atoms with Gasteiger partial charge in [0.25, 0.3) is 0 Å². The zero-order chi connectivity index (χ0) is 29.4. The van der Waals surface area contributed by atoms with Gasteiger partial charge in [-0.2, -0.15) is 0 Å². The van der Waals surface area contributed by atoms with E-state index < -0.39 is 28.5 Å². The molecular weight excluding hydrogens is 534 g/mol. The molecule has 0 aliphatic carbocycles. The first-order valence-electron chi connectivity index (χ1n) is 13.7. The minimum atomic E-state index is -3.85. The summed E-state index contributed by atoms with van der Waals surface area (Å²) in [7, 11) is -3.85. The molecule has 0 spiro atoms. The maximum absolute atomic E-state index is 14.2. The molecule has 7 nitrogen and oxygen atoms in total. The average Bonchev–Trinajstić information content (AvgIpc) is 2.96. The Hall–Kier alpha value is -4.17. The Morgan fingerprint density at radius 1 is 0.780 bits per heavy atom. The van der Waals surface area contributed by atoms with Crippen molar-refractivity contribution in [2.75, 3.05) is 23.7 Å². The number of hydrogen-bond donors (Lipinski definition) is 1. The molecule has 0 saturated heterocycles. The lowest BCUT2D eigenvalue weighted by Gasteiger charge is -2.34. The normalized spacial score (nSPS) is 12.2. The fourth-order valence-electron chi connectivity index (χ4n) is 4.78. The summed E-state index contributed by atoms with van der Waals surface area (Å²) in [5.74, 6) is -0.516. The molecule has 0 radical (unpaired) electrons. The Morgan fingerprint density at radius 3 is 2.00 bits per heavy atom. The van der Waals surface area contributed by atoms with Crippen LogP contribution in [0.15, 0.2) is 103 Å². The van der Waals surface area contributed by atoms with Crippen LogP contribution in [0.3, 0.4) is 0 Å². The molecule has 4 rings (SSSR count). The molecule has 2 amide bonds. The second-order valence-electron chi connectivity index (χ2n) is 10.6. The van der Waals surface area contributed by atoms with Gasteiger partial charge >= 0.3 is 0 Å². The zero-order valence-corrected chi connectivity index (χ0v) is 24.6. The van der Waals surface area contributed by atoms with Gasteiger partial charge in [0, 0.05) is 24.9 Å². The number of carbonyl (C=O) groups excluding carboxylic acids is 2. The zero-order valence-electron chi connectivity index (χ0n) is 23.7. The van der Waals surface area contributed by atoms with Gasteiger partial charge in [0.15, 0.2) is 0 Å². The van der Waals surface area contributed by atoms with Gasteiger partial charge in [0.2, 0.25) is 21.8 Å². The molecule has 41 heavy (non-hydrogen) atoms. The quantitative estimate of drug-likeness (QED) is 0.259. The van der Waals surface area contributed by atoms with E-state index in [2.05, 4.69) is 5.32 Å². The van der Waals surface area contributed by atoms with E-state index in [1.54, 1.807) is 12.1 Å². The van der Waals surface area contributed by atoms with E-state index >= 15 is 0 Å². The minimum Gasteiger partial charge on any atom is -0.354 e. The summed E-state index contributed by atoms with van der Waals surface area (Å²) in [6.45, 7) is 4.19. The number of rotatable bonds is 12. The molecule has 0 aliphatic rings. The van der Waals surface area contributed by atoms with Gasteiger partial charge in [-0.15, -0.1) is 0 Å². The van der Waals surface area contributed by atoms with Crippen LogP contribution in [0.1, 0.15) is 25.0 Å². The van der Waals surface area contributed by atoms with Crippen LogP contribution >= 0.6 is 0 Å². The van der Waals surface area contributed by atoms with Crippen molar-refractivity contribution < 1.29 is 18.0 Å². The van der Waals surface area contributed by atoms with Crippen LogP contribution in [0, 0.1) is 5.92 Å². The van der Waals surface area contributed by atoms with Gasteiger partial charge in [0.1, 0.15) is 12.6 Å². The van der Waals surface area contributed by atoms with E-state index in [-0.39, 0.29) is 24.8 Å². The Balaban J connectivity index is 1.76. The van der Waals surface area contributed by atoms with Gasteiger partial charge in [0.05, 0.1) is 11.9 Å². The Kier molecular flexibility index (Phi) is 9.78. The summed E-state index contributed by atoms with van der Waals surface area (Å²) < 4.78 is 27.4. The monoisotopic (exact) mass is 571 g/mol. The van der Waals surface area contributed by atoms with Crippen LogP contribution in [0.4, 0.5) is 5.69 Å². The number of nitrogens with zero attached hydrogens (tertiary/aromatic N) is 2. The highest BCUT2D eigenvalue weighted by molar-refractivity contribution is 7.92. The van der Waals surface area contributed by atoms with E-state index in [4.69, 9.17) is 0 Å². The summed E-state index contributed by atoms with van der Waals surface area (Å²) in [4.78, 5) is 29.4. The molecule has 0 heterocycles. The molecule has 1 atom stereocenters. The molecule has 4 aromatic rings. The first kappa shape index (κ1) is 29.8. The second kappa shape index (κ2) is 13.5. The molecule has 0 fully saturated rings. The molecular formula is C33H37N3O4S. The highest BCUT2D eigenvalue weighted by atomic mass is 32.2. The van der Waals surface area contributed by atoms with E-state index in [9.17, 15) is 18.0 Å². The summed E-state index contributed by atoms with van der Waals surface area (Å²) in [6, 6.07) is 31.0. The van der Waals surface area contributed by atoms with Crippen LogP contribution in [-0.2, 0) is 32.6 Å². The number of hydrogen-bond acceptors (Lipinski definition) is 4. The van der Waals surface area contributed by atoms with E-state index in [1.165, 1.54) is 4.90 Å². The van der Waals surface area contributed by atoms with Crippen molar-refractivity contribution in [3.8, 4) is 0 Å². The van der Waals surface area contributed by atoms with E-state index in [1.807, 2.05) is 105 Å². The Morgan fingerprint density at radius 2 is 1.37 bits per heavy atom. The molecule has 0 saturated carbocycles. The average molecular weight is 572 g/mol. The van der Waals surface area contributed by atoms with Gasteiger partial charge in [-0.25, -0.2) is 8.42 Å². The summed E-state index contributed by atoms with van der Waals surface area (Å²) in [5, 5.41) is 4.58. The first-order chi connectivity index (χ1) is 19.6. The van der Waals surface area contributed by atoms with Crippen LogP contribution in [0.5, 0.6) is 0 Å². The van der Waals surface area contributed by atoms with Crippen LogP contribution in [0.25, 0.3) is 10.8 Å². The number of fused-ring (bicyclic) bond motifs is 1. The van der Waals surface area contributed by atoms with Crippen molar-refractivity contribution in [1.82, 2.24) is 10.2 Å². The fraction of sp³-hybridized carbons (Fsp3) is 0.273. The Labute approximate surface area is 242 Å². The maximum atomic E-state index is 14.2. The SMILES string of the molecule is CC(C)CNC(=O)[C@@H](Cc1ccccc1)N(Cc1ccccc1)C(=O)CN(c1cccc2ccccc12)S(C)(=O)=O. The topological polar surface area (TPSA) is 86.8 Å². The lowest BCUT2D eigenvalue weighted by molar-refractivity contribution is -0.140. The number of nitrogens with one attached hydrogen (secondary N) is 1. The van der Waals surface area contributed by atoms with Crippen LogP contribution in [0.2, 0.25) is 0 Å². The predicted molar refractivity (Wildman–Crippen MR) is 165 cm³/mol. The number of anilines is 1. The molecule has 8 heteroatoms. The number of amides is 2. The third-order valence-corrected chi connectivity index (χ3v) is 7.99. The lowest BCUT2D eigenvalue weighted by Crippen LogP contribution is -2.53. The largest absolute Gasteiger partial charge is 0.354 e. The van der Waals surface area contributed by atoms with Crippen LogP contribution < -0.4 is 9.62 Å². The fourth-order valence-corrected chi connectivity index (χ4v) is 5.64. The molecule has 4 aromatic carbocycles. The molecule has 0 bridgehead atoms. The summed E-state index contributed by atoms with van der Waals surface area (Å²) in [5.41, 5.74) is 2.16. The number of sulfonamides is 1. The van der Waals surface area contributed by atoms with E-state index in [0.717, 1.165) is 32.5 Å². The first-order valence-corrected chi connectivity index (χ1v) is 15.6. The van der Waals surface area contributed by atoms with Gasteiger partial charge < -0.3 is 10.2 Å². The molecule has 0 aliphatic heterocycles. The number of carbonyl (C=O) groups is 2. The maximum Gasteiger partial charge on any atom is 0.244 e. The summed E-state index contributed by atoms with van der Waals surface area (Å²) >= 11 is 0. The van der Waals surface area contributed by atoms with Crippen molar-refractivity contribution in [3.05, 3.63) is 114 Å². The van der Waals surface area contributed by atoms with Gasteiger partial charge in [-0.05, 0) is 28.5 Å². The van der Waals surface area contributed by atoms with Gasteiger partial charge in [-0.1, -0.05) is 111 Å². The molecule has 214 valence electrons. The standard InChI is InChI=1S/C33H37N3O4S/c1-25(2)22-34-33(38)31(21-26-13-6-4-7-14-26)35(23-27-15-8-5-9-16-27)32(37)24-36(41(3,39)40)30-20-12-18-28-17-10-11-19-29(28)30/h4-20,25,31H,21-24H2,1-3H3,(H,34,38)/t31-/m1/s1. The smallest absolute Gasteiger partial charge is 0.244 e.